The monoisotopic (exact) mass is 574 g/mol. The molecular weight excluding hydrogens is 539 g/mol. The van der Waals surface area contributed by atoms with E-state index >= 15 is 0 Å². The van der Waals surface area contributed by atoms with Crippen molar-refractivity contribution in [3.8, 4) is 0 Å². The number of nitrogens with one attached hydrogen (secondary N) is 2. The van der Waals surface area contributed by atoms with Crippen LogP contribution < -0.4 is 10.6 Å². The molecule has 1 unspecified atom stereocenters. The molecular formula is C23H35IN4O3S. The van der Waals surface area contributed by atoms with Gasteiger partial charge in [0, 0.05) is 43.5 Å². The number of piperidine rings is 1. The predicted octanol–water partition coefficient (Wildman–Crippen LogP) is 4.54. The van der Waals surface area contributed by atoms with Crippen molar-refractivity contribution in [1.82, 2.24) is 15.5 Å². The third-order valence-electron chi connectivity index (χ3n) is 5.30. The molecule has 32 heavy (non-hydrogen) atoms. The Labute approximate surface area is 212 Å². The molecule has 0 saturated carbocycles. The van der Waals surface area contributed by atoms with Gasteiger partial charge >= 0.3 is 6.09 Å². The molecule has 1 amide bonds. The third-order valence-corrected chi connectivity index (χ3v) is 6.20. The second kappa shape index (κ2) is 14.4. The number of furan rings is 1. The van der Waals surface area contributed by atoms with Gasteiger partial charge in [-0.1, -0.05) is 13.0 Å². The Morgan fingerprint density at radius 1 is 1.34 bits per heavy atom. The summed E-state index contributed by atoms with van der Waals surface area (Å²) >= 11 is 1.80. The van der Waals surface area contributed by atoms with Crippen LogP contribution in [-0.4, -0.2) is 55.8 Å². The van der Waals surface area contributed by atoms with Gasteiger partial charge in [0.15, 0.2) is 5.96 Å². The lowest BCUT2D eigenvalue weighted by Crippen LogP contribution is -2.50. The number of aliphatic imine (C=N–C) groups is 1. The molecule has 7 nitrogen and oxygen atoms in total. The quantitative estimate of drug-likeness (QED) is 0.261. The Morgan fingerprint density at radius 2 is 2.16 bits per heavy atom. The van der Waals surface area contributed by atoms with Crippen molar-refractivity contribution in [2.24, 2.45) is 10.9 Å². The molecule has 1 aliphatic heterocycles. The minimum atomic E-state index is -0.214. The molecule has 0 aromatic carbocycles. The van der Waals surface area contributed by atoms with Crippen molar-refractivity contribution in [1.29, 1.82) is 0 Å². The number of thiophene rings is 1. The van der Waals surface area contributed by atoms with Crippen LogP contribution in [0.1, 0.15) is 37.3 Å². The van der Waals surface area contributed by atoms with Crippen molar-refractivity contribution >= 4 is 47.4 Å². The van der Waals surface area contributed by atoms with E-state index in [9.17, 15) is 4.79 Å². The minimum Gasteiger partial charge on any atom is -0.469 e. The Morgan fingerprint density at radius 3 is 2.81 bits per heavy atom. The van der Waals surface area contributed by atoms with Crippen molar-refractivity contribution < 1.29 is 13.9 Å². The molecule has 0 spiro atoms. The first-order chi connectivity index (χ1) is 15.1. The second-order valence-electron chi connectivity index (χ2n) is 7.94. The molecule has 3 rings (SSSR count). The lowest BCUT2D eigenvalue weighted by Gasteiger charge is -2.32. The fourth-order valence-electron chi connectivity index (χ4n) is 3.61. The van der Waals surface area contributed by atoms with Gasteiger partial charge in [0.05, 0.1) is 12.9 Å². The summed E-state index contributed by atoms with van der Waals surface area (Å²) in [5.41, 5.74) is 0. The van der Waals surface area contributed by atoms with E-state index in [-0.39, 0.29) is 36.1 Å². The number of nitrogens with zero attached hydrogens (tertiary/aromatic N) is 2. The fourth-order valence-corrected chi connectivity index (χ4v) is 4.48. The number of rotatable bonds is 9. The van der Waals surface area contributed by atoms with Crippen LogP contribution >= 0.6 is 35.3 Å². The highest BCUT2D eigenvalue weighted by molar-refractivity contribution is 14.0. The van der Waals surface area contributed by atoms with Crippen LogP contribution in [-0.2, 0) is 17.6 Å². The van der Waals surface area contributed by atoms with Crippen LogP contribution in [0.15, 0.2) is 45.3 Å². The van der Waals surface area contributed by atoms with E-state index in [0.29, 0.717) is 25.6 Å². The average molecular weight is 575 g/mol. The van der Waals surface area contributed by atoms with Gasteiger partial charge in [0.25, 0.3) is 0 Å². The lowest BCUT2D eigenvalue weighted by molar-refractivity contribution is 0.0963. The maximum atomic E-state index is 11.9. The molecule has 1 fully saturated rings. The van der Waals surface area contributed by atoms with Crippen LogP contribution in [0.5, 0.6) is 0 Å². The number of carbonyl (C=O) groups excluding carboxylic acids is 1. The summed E-state index contributed by atoms with van der Waals surface area (Å²) in [5.74, 6) is 2.26. The van der Waals surface area contributed by atoms with Crippen LogP contribution in [0.2, 0.25) is 0 Å². The van der Waals surface area contributed by atoms with Gasteiger partial charge < -0.3 is 24.7 Å². The van der Waals surface area contributed by atoms with Gasteiger partial charge in [-0.25, -0.2) is 4.79 Å². The summed E-state index contributed by atoms with van der Waals surface area (Å²) in [6, 6.07) is 8.46. The van der Waals surface area contributed by atoms with E-state index in [4.69, 9.17) is 14.1 Å². The molecule has 1 atom stereocenters. The molecule has 2 N–H and O–H groups in total. The van der Waals surface area contributed by atoms with Gasteiger partial charge in [0.1, 0.15) is 5.76 Å². The number of halogens is 1. The lowest BCUT2D eigenvalue weighted by atomic mass is 10.1. The van der Waals surface area contributed by atoms with E-state index in [2.05, 4.69) is 35.1 Å². The van der Waals surface area contributed by atoms with Crippen LogP contribution in [0.25, 0.3) is 0 Å². The molecule has 1 aliphatic rings. The molecule has 178 valence electrons. The highest BCUT2D eigenvalue weighted by Crippen LogP contribution is 2.15. The van der Waals surface area contributed by atoms with Gasteiger partial charge in [-0.15, -0.1) is 35.3 Å². The summed E-state index contributed by atoms with van der Waals surface area (Å²) < 4.78 is 10.5. The Kier molecular flexibility index (Phi) is 11.9. The molecule has 0 radical (unpaired) electrons. The molecule has 0 bridgehead atoms. The summed E-state index contributed by atoms with van der Waals surface area (Å²) in [6.45, 7) is 7.40. The maximum absolute atomic E-state index is 11.9. The Balaban J connectivity index is 0.00000363. The van der Waals surface area contributed by atoms with E-state index in [0.717, 1.165) is 50.5 Å². The predicted molar refractivity (Wildman–Crippen MR) is 140 cm³/mol. The Hall–Kier alpha value is -1.75. The summed E-state index contributed by atoms with van der Waals surface area (Å²) in [4.78, 5) is 20.0. The van der Waals surface area contributed by atoms with E-state index in [1.807, 2.05) is 19.1 Å². The molecule has 0 aliphatic carbocycles. The first-order valence-corrected chi connectivity index (χ1v) is 12.0. The summed E-state index contributed by atoms with van der Waals surface area (Å²) in [5, 5.41) is 9.15. The minimum absolute atomic E-state index is 0. The average Bonchev–Trinajstić information content (AvgIpc) is 3.47. The summed E-state index contributed by atoms with van der Waals surface area (Å²) in [6.07, 6.45) is 5.09. The molecule has 3 heterocycles. The van der Waals surface area contributed by atoms with Gasteiger partial charge in [0.2, 0.25) is 0 Å². The van der Waals surface area contributed by atoms with Crippen molar-refractivity contribution in [2.45, 2.75) is 45.6 Å². The van der Waals surface area contributed by atoms with Gasteiger partial charge in [-0.05, 0) is 55.7 Å². The zero-order valence-electron chi connectivity index (χ0n) is 18.9. The number of hydrogen-bond donors (Lipinski definition) is 2. The number of carbonyl (C=O) groups is 1. The number of likely N-dealkylation sites (tertiary alicyclic amines) is 1. The normalized spacial score (nSPS) is 15.7. The number of hydrogen-bond acceptors (Lipinski definition) is 5. The van der Waals surface area contributed by atoms with Crippen molar-refractivity contribution in [3.63, 3.8) is 0 Å². The zero-order chi connectivity index (χ0) is 21.9. The van der Waals surface area contributed by atoms with Crippen LogP contribution in [0.3, 0.4) is 0 Å². The largest absolute Gasteiger partial charge is 0.469 e. The zero-order valence-corrected chi connectivity index (χ0v) is 22.1. The smallest absolute Gasteiger partial charge is 0.409 e. The highest BCUT2D eigenvalue weighted by atomic mass is 127. The molecule has 1 saturated heterocycles. The fraction of sp³-hybridized carbons (Fsp3) is 0.565. The number of ether oxygens (including phenoxy) is 1. The third kappa shape index (κ3) is 9.01. The molecule has 2 aromatic heterocycles. The first-order valence-electron chi connectivity index (χ1n) is 11.1. The Bertz CT molecular complexity index is 790. The van der Waals surface area contributed by atoms with E-state index in [1.165, 1.54) is 4.88 Å². The molecule has 9 heteroatoms. The van der Waals surface area contributed by atoms with Gasteiger partial charge in [-0.3, -0.25) is 4.99 Å². The first kappa shape index (κ1) is 26.5. The van der Waals surface area contributed by atoms with E-state index in [1.54, 1.807) is 22.5 Å². The van der Waals surface area contributed by atoms with Crippen LogP contribution in [0.4, 0.5) is 4.79 Å². The van der Waals surface area contributed by atoms with Gasteiger partial charge in [-0.2, -0.15) is 0 Å². The van der Waals surface area contributed by atoms with Crippen molar-refractivity contribution in [3.05, 3.63) is 46.5 Å². The highest BCUT2D eigenvalue weighted by Gasteiger charge is 2.24. The topological polar surface area (TPSA) is 79.1 Å². The van der Waals surface area contributed by atoms with Crippen molar-refractivity contribution in [2.75, 3.05) is 32.8 Å². The number of guanidine groups is 1. The standard InChI is InChI=1S/C23H34N4O3S.HI/c1-3-29-23(28)27-12-9-19(10-13-27)26-22(24-11-8-20-6-4-14-30-20)25-17-18(2)16-21-7-5-15-31-21;/h4-7,14-15,18-19H,3,8-13,16-17H2,1-2H3,(H2,24,25,26);1H. The summed E-state index contributed by atoms with van der Waals surface area (Å²) in [7, 11) is 0. The van der Waals surface area contributed by atoms with Crippen LogP contribution in [0, 0.1) is 5.92 Å². The second-order valence-corrected chi connectivity index (χ2v) is 8.97. The molecule has 2 aromatic rings. The number of amides is 1. The SMILES string of the molecule is CCOC(=O)N1CCC(NC(=NCC(C)Cc2cccs2)NCCc2ccco2)CC1.I. The maximum Gasteiger partial charge on any atom is 0.409 e. The van der Waals surface area contributed by atoms with E-state index < -0.39 is 0 Å².